The first kappa shape index (κ1) is 9.34. The number of esters is 1. The SMILES string of the molecule is CC1(C)Nc2cccc(Cl)c2OC1=O. The van der Waals surface area contributed by atoms with E-state index < -0.39 is 5.54 Å². The van der Waals surface area contributed by atoms with Crippen molar-refractivity contribution in [3.8, 4) is 5.75 Å². The summed E-state index contributed by atoms with van der Waals surface area (Å²) in [5, 5.41) is 3.51. The minimum atomic E-state index is -0.697. The molecule has 0 spiro atoms. The highest BCUT2D eigenvalue weighted by atomic mass is 35.5. The molecular weight excluding hydrogens is 202 g/mol. The Balaban J connectivity index is 2.51. The van der Waals surface area contributed by atoms with E-state index in [9.17, 15) is 4.79 Å². The van der Waals surface area contributed by atoms with Gasteiger partial charge in [-0.25, -0.2) is 4.79 Å². The molecular formula is C10H10ClNO2. The third-order valence-electron chi connectivity index (χ3n) is 2.12. The number of carbonyl (C=O) groups excluding carboxylic acids is 1. The maximum atomic E-state index is 11.5. The Labute approximate surface area is 87.0 Å². The monoisotopic (exact) mass is 211 g/mol. The minimum absolute atomic E-state index is 0.321. The molecule has 0 saturated carbocycles. The van der Waals surface area contributed by atoms with Crippen LogP contribution in [-0.4, -0.2) is 11.5 Å². The minimum Gasteiger partial charge on any atom is -0.421 e. The smallest absolute Gasteiger partial charge is 0.336 e. The molecule has 0 saturated heterocycles. The Morgan fingerprint density at radius 2 is 2.14 bits per heavy atom. The number of para-hydroxylation sites is 1. The zero-order chi connectivity index (χ0) is 10.3. The van der Waals surface area contributed by atoms with Crippen molar-refractivity contribution in [1.29, 1.82) is 0 Å². The summed E-state index contributed by atoms with van der Waals surface area (Å²) in [6.07, 6.45) is 0. The number of anilines is 1. The number of benzene rings is 1. The summed E-state index contributed by atoms with van der Waals surface area (Å²) in [6, 6.07) is 5.33. The zero-order valence-corrected chi connectivity index (χ0v) is 8.68. The molecule has 3 nitrogen and oxygen atoms in total. The predicted molar refractivity (Wildman–Crippen MR) is 54.8 cm³/mol. The highest BCUT2D eigenvalue weighted by Gasteiger charge is 2.35. The first-order valence-corrected chi connectivity index (χ1v) is 4.67. The van der Waals surface area contributed by atoms with Gasteiger partial charge in [0.15, 0.2) is 5.75 Å². The molecule has 0 atom stereocenters. The quantitative estimate of drug-likeness (QED) is 0.529. The number of halogens is 1. The number of ether oxygens (including phenoxy) is 1. The lowest BCUT2D eigenvalue weighted by molar-refractivity contribution is -0.139. The van der Waals surface area contributed by atoms with Crippen molar-refractivity contribution < 1.29 is 9.53 Å². The summed E-state index contributed by atoms with van der Waals surface area (Å²) in [5.41, 5.74) is 0.0552. The molecule has 0 unspecified atom stereocenters. The van der Waals surface area contributed by atoms with Crippen LogP contribution in [0.5, 0.6) is 5.75 Å². The molecule has 0 radical (unpaired) electrons. The third-order valence-corrected chi connectivity index (χ3v) is 2.42. The molecule has 1 aromatic carbocycles. The van der Waals surface area contributed by atoms with Crippen LogP contribution in [0.25, 0.3) is 0 Å². The Morgan fingerprint density at radius 1 is 1.43 bits per heavy atom. The lowest BCUT2D eigenvalue weighted by Crippen LogP contribution is -2.46. The molecule has 1 aliphatic heterocycles. The Kier molecular flexibility index (Phi) is 1.93. The Bertz CT molecular complexity index is 401. The van der Waals surface area contributed by atoms with Crippen molar-refractivity contribution in [1.82, 2.24) is 0 Å². The van der Waals surface area contributed by atoms with Crippen LogP contribution in [-0.2, 0) is 4.79 Å². The molecule has 0 aromatic heterocycles. The van der Waals surface area contributed by atoms with Gasteiger partial charge >= 0.3 is 5.97 Å². The highest BCUT2D eigenvalue weighted by Crippen LogP contribution is 2.38. The van der Waals surface area contributed by atoms with Gasteiger partial charge in [0.05, 0.1) is 10.7 Å². The second-order valence-corrected chi connectivity index (χ2v) is 4.16. The largest absolute Gasteiger partial charge is 0.421 e. The topological polar surface area (TPSA) is 38.3 Å². The van der Waals surface area contributed by atoms with Gasteiger partial charge in [0, 0.05) is 0 Å². The second-order valence-electron chi connectivity index (χ2n) is 3.76. The first-order valence-electron chi connectivity index (χ1n) is 4.30. The average molecular weight is 212 g/mol. The van der Waals surface area contributed by atoms with Crippen molar-refractivity contribution in [3.63, 3.8) is 0 Å². The Hall–Kier alpha value is -1.22. The van der Waals surface area contributed by atoms with Gasteiger partial charge in [0.1, 0.15) is 5.54 Å². The summed E-state index contributed by atoms with van der Waals surface area (Å²) in [5.74, 6) is 0.0941. The Morgan fingerprint density at radius 3 is 2.86 bits per heavy atom. The van der Waals surface area contributed by atoms with Gasteiger partial charge in [-0.2, -0.15) is 0 Å². The lowest BCUT2D eigenvalue weighted by atomic mass is 10.0. The van der Waals surface area contributed by atoms with Crippen molar-refractivity contribution in [3.05, 3.63) is 23.2 Å². The van der Waals surface area contributed by atoms with Crippen molar-refractivity contribution >= 4 is 23.3 Å². The molecule has 1 heterocycles. The first-order chi connectivity index (χ1) is 6.50. The number of hydrogen-bond acceptors (Lipinski definition) is 3. The van der Waals surface area contributed by atoms with E-state index in [1.54, 1.807) is 19.9 Å². The van der Waals surface area contributed by atoms with Gasteiger partial charge in [-0.3, -0.25) is 0 Å². The summed E-state index contributed by atoms with van der Waals surface area (Å²) >= 11 is 5.88. The predicted octanol–water partition coefficient (Wildman–Crippen LogP) is 2.45. The maximum Gasteiger partial charge on any atom is 0.336 e. The van der Waals surface area contributed by atoms with E-state index in [0.717, 1.165) is 5.69 Å². The average Bonchev–Trinajstić information content (AvgIpc) is 2.08. The fourth-order valence-electron chi connectivity index (χ4n) is 1.32. The fraction of sp³-hybridized carbons (Fsp3) is 0.300. The molecule has 14 heavy (non-hydrogen) atoms. The normalized spacial score (nSPS) is 18.1. The highest BCUT2D eigenvalue weighted by molar-refractivity contribution is 6.32. The summed E-state index contributed by atoms with van der Waals surface area (Å²) < 4.78 is 5.14. The second kappa shape index (κ2) is 2.89. The third kappa shape index (κ3) is 1.34. The van der Waals surface area contributed by atoms with Crippen molar-refractivity contribution in [2.24, 2.45) is 0 Å². The van der Waals surface area contributed by atoms with Crippen LogP contribution in [0.15, 0.2) is 18.2 Å². The number of carbonyl (C=O) groups is 1. The number of rotatable bonds is 0. The summed E-state index contributed by atoms with van der Waals surface area (Å²) in [4.78, 5) is 11.5. The molecule has 1 N–H and O–H groups in total. The molecule has 1 aromatic rings. The van der Waals surface area contributed by atoms with Crippen LogP contribution < -0.4 is 10.1 Å². The van der Waals surface area contributed by atoms with E-state index in [0.29, 0.717) is 10.8 Å². The van der Waals surface area contributed by atoms with Crippen LogP contribution >= 0.6 is 11.6 Å². The van der Waals surface area contributed by atoms with Crippen molar-refractivity contribution in [2.75, 3.05) is 5.32 Å². The van der Waals surface area contributed by atoms with Gasteiger partial charge in [0.2, 0.25) is 0 Å². The van der Waals surface area contributed by atoms with E-state index in [-0.39, 0.29) is 5.97 Å². The molecule has 2 rings (SSSR count). The number of nitrogens with one attached hydrogen (secondary N) is 1. The molecule has 0 fully saturated rings. The molecule has 74 valence electrons. The van der Waals surface area contributed by atoms with Crippen LogP contribution in [0.1, 0.15) is 13.8 Å². The van der Waals surface area contributed by atoms with Gasteiger partial charge < -0.3 is 10.1 Å². The van der Waals surface area contributed by atoms with Crippen LogP contribution in [0, 0.1) is 0 Å². The van der Waals surface area contributed by atoms with Crippen molar-refractivity contribution in [2.45, 2.75) is 19.4 Å². The van der Waals surface area contributed by atoms with E-state index >= 15 is 0 Å². The van der Waals surface area contributed by atoms with E-state index in [2.05, 4.69) is 5.32 Å². The zero-order valence-electron chi connectivity index (χ0n) is 7.93. The molecule has 0 amide bonds. The summed E-state index contributed by atoms with van der Waals surface area (Å²) in [6.45, 7) is 3.53. The van der Waals surface area contributed by atoms with Crippen LogP contribution in [0.2, 0.25) is 5.02 Å². The number of fused-ring (bicyclic) bond motifs is 1. The van der Waals surface area contributed by atoms with Gasteiger partial charge in [-0.1, -0.05) is 17.7 Å². The lowest BCUT2D eigenvalue weighted by Gasteiger charge is -2.31. The van der Waals surface area contributed by atoms with E-state index in [1.165, 1.54) is 0 Å². The maximum absolute atomic E-state index is 11.5. The van der Waals surface area contributed by atoms with Gasteiger partial charge in [-0.15, -0.1) is 0 Å². The molecule has 1 aliphatic rings. The van der Waals surface area contributed by atoms with E-state index in [1.807, 2.05) is 12.1 Å². The van der Waals surface area contributed by atoms with Crippen LogP contribution in [0.4, 0.5) is 5.69 Å². The van der Waals surface area contributed by atoms with Gasteiger partial charge in [-0.05, 0) is 26.0 Å². The summed E-state index contributed by atoms with van der Waals surface area (Å²) in [7, 11) is 0. The standard InChI is InChI=1S/C10H10ClNO2/c1-10(2)9(13)14-8-6(11)4-3-5-7(8)12-10/h3-5,12H,1-2H3. The molecule has 0 bridgehead atoms. The van der Waals surface area contributed by atoms with Gasteiger partial charge in [0.25, 0.3) is 0 Å². The number of hydrogen-bond donors (Lipinski definition) is 1. The van der Waals surface area contributed by atoms with Crippen LogP contribution in [0.3, 0.4) is 0 Å². The molecule has 0 aliphatic carbocycles. The fourth-order valence-corrected chi connectivity index (χ4v) is 1.53. The molecule has 4 heteroatoms. The van der Waals surface area contributed by atoms with E-state index in [4.69, 9.17) is 16.3 Å².